The van der Waals surface area contributed by atoms with Crippen LogP contribution in [-0.2, 0) is 0 Å². The molecule has 0 radical (unpaired) electrons. The molecule has 0 spiro atoms. The van der Waals surface area contributed by atoms with E-state index in [1.54, 1.807) is 0 Å². The maximum absolute atomic E-state index is 3.77. The Morgan fingerprint density at radius 2 is 1.62 bits per heavy atom. The van der Waals surface area contributed by atoms with Crippen LogP contribution in [0.2, 0.25) is 0 Å². The number of nitrogens with one attached hydrogen (secondary N) is 1. The number of hydrogen-bond acceptors (Lipinski definition) is 1. The normalized spacial score (nSPS) is 23.1. The van der Waals surface area contributed by atoms with Gasteiger partial charge in [-0.05, 0) is 56.4 Å². The van der Waals surface area contributed by atoms with Crippen molar-refractivity contribution in [1.29, 1.82) is 0 Å². The van der Waals surface area contributed by atoms with E-state index >= 15 is 0 Å². The van der Waals surface area contributed by atoms with Crippen molar-refractivity contribution in [3.8, 4) is 0 Å². The summed E-state index contributed by atoms with van der Waals surface area (Å²) in [5, 5.41) is 3.77. The zero-order valence-electron chi connectivity index (χ0n) is 9.05. The van der Waals surface area contributed by atoms with Crippen molar-refractivity contribution >= 4 is 0 Å². The lowest BCUT2D eigenvalue weighted by Crippen LogP contribution is -2.34. The molecule has 0 atom stereocenters. The van der Waals surface area contributed by atoms with Crippen molar-refractivity contribution in [2.45, 2.75) is 52.0 Å². The molecule has 2 rings (SSSR count). The molecular formula is C12H23N. The molecule has 0 aliphatic heterocycles. The van der Waals surface area contributed by atoms with Gasteiger partial charge < -0.3 is 5.32 Å². The molecule has 0 aromatic carbocycles. The van der Waals surface area contributed by atoms with Crippen LogP contribution in [0.3, 0.4) is 0 Å². The van der Waals surface area contributed by atoms with Gasteiger partial charge in [0.15, 0.2) is 0 Å². The fourth-order valence-corrected chi connectivity index (χ4v) is 2.17. The largest absolute Gasteiger partial charge is 0.313 e. The Balaban J connectivity index is 1.64. The van der Waals surface area contributed by atoms with Crippen molar-refractivity contribution in [2.24, 2.45) is 17.8 Å². The highest BCUT2D eigenvalue weighted by atomic mass is 14.9. The number of hydrogen-bond donors (Lipinski definition) is 1. The summed E-state index contributed by atoms with van der Waals surface area (Å²) in [5.74, 6) is 2.96. The summed E-state index contributed by atoms with van der Waals surface area (Å²) in [6.07, 6.45) is 7.33. The zero-order chi connectivity index (χ0) is 9.26. The summed E-state index contributed by atoms with van der Waals surface area (Å²) in [6.45, 7) is 5.87. The van der Waals surface area contributed by atoms with Gasteiger partial charge in [-0.1, -0.05) is 13.8 Å². The van der Waals surface area contributed by atoms with Crippen LogP contribution in [0.1, 0.15) is 46.0 Å². The summed E-state index contributed by atoms with van der Waals surface area (Å²) in [4.78, 5) is 0. The molecule has 2 fully saturated rings. The van der Waals surface area contributed by atoms with E-state index in [9.17, 15) is 0 Å². The molecule has 1 N–H and O–H groups in total. The third-order valence-corrected chi connectivity index (χ3v) is 3.36. The quantitative estimate of drug-likeness (QED) is 0.664. The molecule has 13 heavy (non-hydrogen) atoms. The molecular weight excluding hydrogens is 158 g/mol. The van der Waals surface area contributed by atoms with Crippen molar-refractivity contribution in [2.75, 3.05) is 6.54 Å². The van der Waals surface area contributed by atoms with Gasteiger partial charge in [0.2, 0.25) is 0 Å². The van der Waals surface area contributed by atoms with Gasteiger partial charge in [-0.15, -0.1) is 0 Å². The van der Waals surface area contributed by atoms with Crippen LogP contribution in [0.25, 0.3) is 0 Å². The summed E-state index contributed by atoms with van der Waals surface area (Å²) < 4.78 is 0. The van der Waals surface area contributed by atoms with E-state index in [0.717, 1.165) is 23.8 Å². The van der Waals surface area contributed by atoms with Crippen LogP contribution < -0.4 is 5.32 Å². The second-order valence-corrected chi connectivity index (χ2v) is 5.34. The van der Waals surface area contributed by atoms with Gasteiger partial charge in [-0.25, -0.2) is 0 Å². The van der Waals surface area contributed by atoms with Gasteiger partial charge in [-0.3, -0.25) is 0 Å². The van der Waals surface area contributed by atoms with Crippen molar-refractivity contribution in [3.05, 3.63) is 0 Å². The zero-order valence-corrected chi connectivity index (χ0v) is 9.05. The SMILES string of the molecule is CC(C)CCNC(C1CC1)C1CC1. The van der Waals surface area contributed by atoms with Crippen molar-refractivity contribution in [1.82, 2.24) is 5.32 Å². The van der Waals surface area contributed by atoms with Gasteiger partial charge in [0, 0.05) is 6.04 Å². The van der Waals surface area contributed by atoms with E-state index < -0.39 is 0 Å². The predicted molar refractivity (Wildman–Crippen MR) is 56.7 cm³/mol. The average molecular weight is 181 g/mol. The molecule has 0 aromatic heterocycles. The highest BCUT2D eigenvalue weighted by molar-refractivity contribution is 4.96. The Morgan fingerprint density at radius 3 is 2.00 bits per heavy atom. The Kier molecular flexibility index (Phi) is 2.92. The second kappa shape index (κ2) is 4.00. The predicted octanol–water partition coefficient (Wildman–Crippen LogP) is 2.81. The molecule has 0 heterocycles. The van der Waals surface area contributed by atoms with Crippen LogP contribution in [-0.4, -0.2) is 12.6 Å². The van der Waals surface area contributed by atoms with Gasteiger partial charge in [-0.2, -0.15) is 0 Å². The van der Waals surface area contributed by atoms with Crippen LogP contribution >= 0.6 is 0 Å². The lowest BCUT2D eigenvalue weighted by atomic mass is 10.1. The summed E-state index contributed by atoms with van der Waals surface area (Å²) in [5.41, 5.74) is 0. The molecule has 2 saturated carbocycles. The molecule has 76 valence electrons. The Hall–Kier alpha value is -0.0400. The molecule has 1 heteroatoms. The van der Waals surface area contributed by atoms with E-state index in [1.165, 1.54) is 38.6 Å². The fraction of sp³-hybridized carbons (Fsp3) is 1.00. The summed E-state index contributed by atoms with van der Waals surface area (Å²) >= 11 is 0. The maximum atomic E-state index is 3.77. The third kappa shape index (κ3) is 2.98. The van der Waals surface area contributed by atoms with Crippen LogP contribution in [0.4, 0.5) is 0 Å². The average Bonchev–Trinajstić information content (AvgIpc) is 2.89. The lowest BCUT2D eigenvalue weighted by Gasteiger charge is -2.18. The first-order valence-electron chi connectivity index (χ1n) is 6.00. The first kappa shape index (κ1) is 9.51. The third-order valence-electron chi connectivity index (χ3n) is 3.36. The molecule has 0 unspecified atom stereocenters. The van der Waals surface area contributed by atoms with Crippen LogP contribution in [0, 0.1) is 17.8 Å². The Morgan fingerprint density at radius 1 is 1.08 bits per heavy atom. The topological polar surface area (TPSA) is 12.0 Å². The highest BCUT2D eigenvalue weighted by Crippen LogP contribution is 2.44. The minimum Gasteiger partial charge on any atom is -0.313 e. The molecule has 0 aromatic rings. The molecule has 0 bridgehead atoms. The van der Waals surface area contributed by atoms with Gasteiger partial charge in [0.1, 0.15) is 0 Å². The number of rotatable bonds is 6. The minimum atomic E-state index is 0.853. The van der Waals surface area contributed by atoms with E-state index in [0.29, 0.717) is 0 Å². The fourth-order valence-electron chi connectivity index (χ4n) is 2.17. The Bertz CT molecular complexity index is 145. The van der Waals surface area contributed by atoms with Gasteiger partial charge in [0.05, 0.1) is 0 Å². The van der Waals surface area contributed by atoms with Crippen LogP contribution in [0.5, 0.6) is 0 Å². The summed E-state index contributed by atoms with van der Waals surface area (Å²) in [6, 6.07) is 0.902. The second-order valence-electron chi connectivity index (χ2n) is 5.34. The van der Waals surface area contributed by atoms with Crippen molar-refractivity contribution in [3.63, 3.8) is 0 Å². The molecule has 2 aliphatic rings. The first-order valence-corrected chi connectivity index (χ1v) is 6.00. The van der Waals surface area contributed by atoms with E-state index in [-0.39, 0.29) is 0 Å². The monoisotopic (exact) mass is 181 g/mol. The Labute approximate surface area is 82.3 Å². The first-order chi connectivity index (χ1) is 6.27. The summed E-state index contributed by atoms with van der Waals surface area (Å²) in [7, 11) is 0. The van der Waals surface area contributed by atoms with Crippen LogP contribution in [0.15, 0.2) is 0 Å². The highest BCUT2D eigenvalue weighted by Gasteiger charge is 2.40. The minimum absolute atomic E-state index is 0.853. The van der Waals surface area contributed by atoms with E-state index in [2.05, 4.69) is 19.2 Å². The standard InChI is InChI=1S/C12H23N/c1-9(2)7-8-13-12(10-3-4-10)11-5-6-11/h9-13H,3-8H2,1-2H3. The van der Waals surface area contributed by atoms with Gasteiger partial charge >= 0.3 is 0 Å². The molecule has 0 amide bonds. The van der Waals surface area contributed by atoms with Gasteiger partial charge in [0.25, 0.3) is 0 Å². The molecule has 2 aliphatic carbocycles. The lowest BCUT2D eigenvalue weighted by molar-refractivity contribution is 0.398. The maximum Gasteiger partial charge on any atom is 0.0124 e. The van der Waals surface area contributed by atoms with E-state index in [1.807, 2.05) is 0 Å². The smallest absolute Gasteiger partial charge is 0.0124 e. The molecule has 0 saturated heterocycles. The van der Waals surface area contributed by atoms with Crippen molar-refractivity contribution < 1.29 is 0 Å². The molecule has 1 nitrogen and oxygen atoms in total. The van der Waals surface area contributed by atoms with E-state index in [4.69, 9.17) is 0 Å².